The summed E-state index contributed by atoms with van der Waals surface area (Å²) in [6.45, 7) is 5.66. The Morgan fingerprint density at radius 3 is 2.56 bits per heavy atom. The van der Waals surface area contributed by atoms with E-state index in [1.807, 2.05) is 0 Å². The highest BCUT2D eigenvalue weighted by atomic mass is 14.9. The minimum atomic E-state index is 0.759. The smallest absolute Gasteiger partial charge is 0.00956 e. The molecule has 1 aliphatic carbocycles. The molecule has 0 amide bonds. The van der Waals surface area contributed by atoms with Gasteiger partial charge in [-0.3, -0.25) is 0 Å². The van der Waals surface area contributed by atoms with Crippen LogP contribution in [0.25, 0.3) is 0 Å². The van der Waals surface area contributed by atoms with Crippen LogP contribution in [-0.4, -0.2) is 12.6 Å². The number of hydrogen-bond acceptors (Lipinski definition) is 1. The molecule has 2 rings (SSSR count). The van der Waals surface area contributed by atoms with Crippen LogP contribution in [0.1, 0.15) is 57.4 Å². The van der Waals surface area contributed by atoms with Gasteiger partial charge < -0.3 is 5.32 Å². The molecule has 1 nitrogen and oxygen atoms in total. The third kappa shape index (κ3) is 3.35. The topological polar surface area (TPSA) is 12.0 Å². The van der Waals surface area contributed by atoms with Crippen molar-refractivity contribution in [1.29, 1.82) is 0 Å². The minimum Gasteiger partial charge on any atom is -0.314 e. The highest BCUT2D eigenvalue weighted by Crippen LogP contribution is 2.38. The van der Waals surface area contributed by atoms with Crippen molar-refractivity contribution in [3.63, 3.8) is 0 Å². The van der Waals surface area contributed by atoms with Crippen LogP contribution in [0.5, 0.6) is 0 Å². The Bertz CT molecular complexity index is 333. The fraction of sp³-hybridized carbons (Fsp3) is 0.647. The van der Waals surface area contributed by atoms with E-state index in [9.17, 15) is 0 Å². The van der Waals surface area contributed by atoms with E-state index in [-0.39, 0.29) is 0 Å². The molecule has 0 bridgehead atoms. The van der Waals surface area contributed by atoms with Crippen LogP contribution >= 0.6 is 0 Å². The fourth-order valence-electron chi connectivity index (χ4n) is 3.51. The lowest BCUT2D eigenvalue weighted by Crippen LogP contribution is -2.40. The zero-order valence-electron chi connectivity index (χ0n) is 11.9. The van der Waals surface area contributed by atoms with Gasteiger partial charge in [0.1, 0.15) is 0 Å². The van der Waals surface area contributed by atoms with Gasteiger partial charge in [0.2, 0.25) is 0 Å². The summed E-state index contributed by atoms with van der Waals surface area (Å²) in [6, 6.07) is 11.9. The van der Waals surface area contributed by atoms with E-state index in [0.29, 0.717) is 0 Å². The number of hydrogen-bond donors (Lipinski definition) is 1. The van der Waals surface area contributed by atoms with Crippen molar-refractivity contribution in [1.82, 2.24) is 5.32 Å². The first-order chi connectivity index (χ1) is 8.85. The first-order valence-corrected chi connectivity index (χ1v) is 7.63. The molecule has 1 aromatic rings. The Labute approximate surface area is 112 Å². The fourth-order valence-corrected chi connectivity index (χ4v) is 3.51. The molecule has 1 aliphatic rings. The molecule has 18 heavy (non-hydrogen) atoms. The van der Waals surface area contributed by atoms with E-state index in [1.54, 1.807) is 5.56 Å². The predicted molar refractivity (Wildman–Crippen MR) is 78.9 cm³/mol. The van der Waals surface area contributed by atoms with Gasteiger partial charge in [-0.05, 0) is 49.6 Å². The molecular formula is C17H27N. The van der Waals surface area contributed by atoms with Gasteiger partial charge in [0.15, 0.2) is 0 Å². The van der Waals surface area contributed by atoms with E-state index >= 15 is 0 Å². The SMILES string of the molecule is CCCC1CC(c2ccccc2)CCC1NCC. The molecular weight excluding hydrogens is 218 g/mol. The summed E-state index contributed by atoms with van der Waals surface area (Å²) in [5, 5.41) is 3.69. The highest BCUT2D eigenvalue weighted by Gasteiger charge is 2.29. The summed E-state index contributed by atoms with van der Waals surface area (Å²) in [4.78, 5) is 0. The molecule has 0 aliphatic heterocycles. The van der Waals surface area contributed by atoms with Crippen molar-refractivity contribution >= 4 is 0 Å². The second kappa shape index (κ2) is 6.94. The highest BCUT2D eigenvalue weighted by molar-refractivity contribution is 5.20. The second-order valence-corrected chi connectivity index (χ2v) is 5.63. The molecule has 0 radical (unpaired) electrons. The van der Waals surface area contributed by atoms with Gasteiger partial charge in [-0.1, -0.05) is 50.6 Å². The van der Waals surface area contributed by atoms with E-state index in [2.05, 4.69) is 49.5 Å². The molecule has 1 saturated carbocycles. The van der Waals surface area contributed by atoms with E-state index in [0.717, 1.165) is 24.4 Å². The lowest BCUT2D eigenvalue weighted by atomic mass is 9.73. The van der Waals surface area contributed by atoms with Crippen LogP contribution in [0.3, 0.4) is 0 Å². The van der Waals surface area contributed by atoms with Crippen LogP contribution < -0.4 is 5.32 Å². The molecule has 100 valence electrons. The molecule has 1 fully saturated rings. The maximum Gasteiger partial charge on any atom is 0.00956 e. The van der Waals surface area contributed by atoms with E-state index in [4.69, 9.17) is 0 Å². The summed E-state index contributed by atoms with van der Waals surface area (Å²) < 4.78 is 0. The van der Waals surface area contributed by atoms with Gasteiger partial charge in [0.05, 0.1) is 0 Å². The molecule has 0 spiro atoms. The maximum absolute atomic E-state index is 3.69. The quantitative estimate of drug-likeness (QED) is 0.813. The minimum absolute atomic E-state index is 0.759. The monoisotopic (exact) mass is 245 g/mol. The van der Waals surface area contributed by atoms with Crippen molar-refractivity contribution < 1.29 is 0 Å². The molecule has 1 heteroatoms. The molecule has 3 atom stereocenters. The maximum atomic E-state index is 3.69. The van der Waals surface area contributed by atoms with Crippen LogP contribution in [0.4, 0.5) is 0 Å². The van der Waals surface area contributed by atoms with Gasteiger partial charge in [-0.2, -0.15) is 0 Å². The van der Waals surface area contributed by atoms with Gasteiger partial charge in [0.25, 0.3) is 0 Å². The summed E-state index contributed by atoms with van der Waals surface area (Å²) in [5.74, 6) is 1.66. The molecule has 0 aromatic heterocycles. The van der Waals surface area contributed by atoms with Crippen LogP contribution in [0.2, 0.25) is 0 Å². The van der Waals surface area contributed by atoms with Crippen LogP contribution in [0.15, 0.2) is 30.3 Å². The number of benzene rings is 1. The van der Waals surface area contributed by atoms with E-state index in [1.165, 1.54) is 32.1 Å². The number of rotatable bonds is 5. The Hall–Kier alpha value is -0.820. The Morgan fingerprint density at radius 1 is 1.11 bits per heavy atom. The van der Waals surface area contributed by atoms with Crippen LogP contribution in [0, 0.1) is 5.92 Å². The van der Waals surface area contributed by atoms with Crippen molar-refractivity contribution in [2.45, 2.75) is 57.9 Å². The summed E-state index contributed by atoms with van der Waals surface area (Å²) in [7, 11) is 0. The Morgan fingerprint density at radius 2 is 1.89 bits per heavy atom. The average molecular weight is 245 g/mol. The predicted octanol–water partition coefficient (Wildman–Crippen LogP) is 4.35. The molecule has 0 heterocycles. The van der Waals surface area contributed by atoms with Gasteiger partial charge in [0, 0.05) is 6.04 Å². The third-order valence-electron chi connectivity index (χ3n) is 4.38. The second-order valence-electron chi connectivity index (χ2n) is 5.63. The van der Waals surface area contributed by atoms with Gasteiger partial charge in [-0.15, -0.1) is 0 Å². The summed E-state index contributed by atoms with van der Waals surface area (Å²) >= 11 is 0. The van der Waals surface area contributed by atoms with Crippen molar-refractivity contribution in [3.8, 4) is 0 Å². The van der Waals surface area contributed by atoms with E-state index < -0.39 is 0 Å². The first kappa shape index (κ1) is 13.6. The standard InChI is InChI=1S/C17H27N/c1-3-8-16-13-15(11-12-17(16)18-4-2)14-9-6-5-7-10-14/h5-7,9-10,15-18H,3-4,8,11-13H2,1-2H3. The molecule has 3 unspecified atom stereocenters. The average Bonchev–Trinajstić information content (AvgIpc) is 2.42. The molecule has 0 saturated heterocycles. The third-order valence-corrected chi connectivity index (χ3v) is 4.38. The Kier molecular flexibility index (Phi) is 5.25. The van der Waals surface area contributed by atoms with Gasteiger partial charge >= 0.3 is 0 Å². The molecule has 1 aromatic carbocycles. The van der Waals surface area contributed by atoms with Gasteiger partial charge in [-0.25, -0.2) is 0 Å². The zero-order chi connectivity index (χ0) is 12.8. The lowest BCUT2D eigenvalue weighted by molar-refractivity contribution is 0.229. The lowest BCUT2D eigenvalue weighted by Gasteiger charge is -2.37. The summed E-state index contributed by atoms with van der Waals surface area (Å²) in [6.07, 6.45) is 6.75. The first-order valence-electron chi connectivity index (χ1n) is 7.63. The normalized spacial score (nSPS) is 28.2. The molecule has 1 N–H and O–H groups in total. The summed E-state index contributed by atoms with van der Waals surface area (Å²) in [5.41, 5.74) is 1.55. The van der Waals surface area contributed by atoms with Crippen molar-refractivity contribution in [2.24, 2.45) is 5.92 Å². The van der Waals surface area contributed by atoms with Crippen LogP contribution in [-0.2, 0) is 0 Å². The number of nitrogens with one attached hydrogen (secondary N) is 1. The Balaban J connectivity index is 2.01. The van der Waals surface area contributed by atoms with Crippen molar-refractivity contribution in [3.05, 3.63) is 35.9 Å². The van der Waals surface area contributed by atoms with Crippen molar-refractivity contribution in [2.75, 3.05) is 6.54 Å². The zero-order valence-corrected chi connectivity index (χ0v) is 11.9. The largest absolute Gasteiger partial charge is 0.314 e.